The van der Waals surface area contributed by atoms with Crippen molar-refractivity contribution in [1.29, 1.82) is 0 Å². The number of nitrogens with zero attached hydrogens (tertiary/aromatic N) is 2. The van der Waals surface area contributed by atoms with Gasteiger partial charge in [0, 0.05) is 11.6 Å². The summed E-state index contributed by atoms with van der Waals surface area (Å²) < 4.78 is 0. The highest BCUT2D eigenvalue weighted by Crippen LogP contribution is 2.10. The second-order valence-corrected chi connectivity index (χ2v) is 4.67. The van der Waals surface area contributed by atoms with Crippen LogP contribution in [-0.2, 0) is 6.42 Å². The predicted octanol–water partition coefficient (Wildman–Crippen LogP) is 3.40. The summed E-state index contributed by atoms with van der Waals surface area (Å²) in [6.07, 6.45) is 2.70. The molecule has 4 heteroatoms. The van der Waals surface area contributed by atoms with Gasteiger partial charge in [-0.15, -0.1) is 0 Å². The van der Waals surface area contributed by atoms with Crippen LogP contribution in [0.25, 0.3) is 0 Å². The maximum absolute atomic E-state index is 5.84. The van der Waals surface area contributed by atoms with Crippen LogP contribution in [0, 0.1) is 13.8 Å². The molecule has 0 amide bonds. The summed E-state index contributed by atoms with van der Waals surface area (Å²) in [5.74, 6) is 0.826. The molecule has 0 aliphatic rings. The molecule has 0 bridgehead atoms. The van der Waals surface area contributed by atoms with Crippen molar-refractivity contribution in [2.45, 2.75) is 20.3 Å². The molecule has 1 aromatic carbocycles. The minimum Gasteiger partial charge on any atom is -0.368 e. The second-order valence-electron chi connectivity index (χ2n) is 4.23. The van der Waals surface area contributed by atoms with Crippen LogP contribution in [0.2, 0.25) is 5.02 Å². The van der Waals surface area contributed by atoms with Gasteiger partial charge in [-0.1, -0.05) is 23.7 Å². The lowest BCUT2D eigenvalue weighted by atomic mass is 10.1. The van der Waals surface area contributed by atoms with Crippen molar-refractivity contribution < 1.29 is 0 Å². The Morgan fingerprint density at radius 3 is 2.50 bits per heavy atom. The third kappa shape index (κ3) is 3.44. The molecule has 94 valence electrons. The van der Waals surface area contributed by atoms with E-state index in [0.29, 0.717) is 0 Å². The summed E-state index contributed by atoms with van der Waals surface area (Å²) >= 11 is 5.84. The lowest BCUT2D eigenvalue weighted by Gasteiger charge is -2.07. The summed E-state index contributed by atoms with van der Waals surface area (Å²) in [7, 11) is 0. The Hall–Kier alpha value is -1.61. The fraction of sp³-hybridized carbons (Fsp3) is 0.286. The molecule has 2 rings (SSSR count). The molecule has 0 aliphatic heterocycles. The van der Waals surface area contributed by atoms with E-state index in [9.17, 15) is 0 Å². The molecule has 1 N–H and O–H groups in total. The molecular formula is C14H16ClN3. The molecule has 0 saturated carbocycles. The van der Waals surface area contributed by atoms with Crippen molar-refractivity contribution in [3.8, 4) is 0 Å². The van der Waals surface area contributed by atoms with Crippen LogP contribution in [0.15, 0.2) is 30.5 Å². The smallest absolute Gasteiger partial charge is 0.144 e. The minimum absolute atomic E-state index is 0.770. The SMILES string of the molecule is Cc1ncc(NCCc2ccc(Cl)cc2)nc1C. The largest absolute Gasteiger partial charge is 0.368 e. The maximum atomic E-state index is 5.84. The number of hydrogen-bond acceptors (Lipinski definition) is 3. The van der Waals surface area contributed by atoms with Crippen molar-refractivity contribution in [3.05, 3.63) is 52.4 Å². The number of hydrogen-bond donors (Lipinski definition) is 1. The first-order chi connectivity index (χ1) is 8.65. The number of aromatic nitrogens is 2. The average molecular weight is 262 g/mol. The van der Waals surface area contributed by atoms with E-state index in [1.807, 2.05) is 38.1 Å². The van der Waals surface area contributed by atoms with E-state index in [-0.39, 0.29) is 0 Å². The predicted molar refractivity (Wildman–Crippen MR) is 75.2 cm³/mol. The molecule has 0 spiro atoms. The first-order valence-electron chi connectivity index (χ1n) is 5.94. The molecule has 0 radical (unpaired) electrons. The topological polar surface area (TPSA) is 37.8 Å². The van der Waals surface area contributed by atoms with Crippen LogP contribution >= 0.6 is 11.6 Å². The number of nitrogens with one attached hydrogen (secondary N) is 1. The van der Waals surface area contributed by atoms with Gasteiger partial charge in [0.1, 0.15) is 5.82 Å². The molecule has 1 aromatic heterocycles. The highest BCUT2D eigenvalue weighted by molar-refractivity contribution is 6.30. The highest BCUT2D eigenvalue weighted by atomic mass is 35.5. The van der Waals surface area contributed by atoms with Crippen LogP contribution in [0.4, 0.5) is 5.82 Å². The Balaban J connectivity index is 1.88. The first kappa shape index (κ1) is 12.8. The van der Waals surface area contributed by atoms with Gasteiger partial charge in [0.05, 0.1) is 17.6 Å². The molecule has 0 fully saturated rings. The van der Waals surface area contributed by atoms with Gasteiger partial charge < -0.3 is 5.32 Å². The van der Waals surface area contributed by atoms with E-state index in [2.05, 4.69) is 15.3 Å². The summed E-state index contributed by atoms with van der Waals surface area (Å²) in [5, 5.41) is 4.04. The van der Waals surface area contributed by atoms with Crippen molar-refractivity contribution in [1.82, 2.24) is 9.97 Å². The van der Waals surface area contributed by atoms with Gasteiger partial charge in [-0.3, -0.25) is 4.98 Å². The second kappa shape index (κ2) is 5.83. The van der Waals surface area contributed by atoms with Gasteiger partial charge in [0.15, 0.2) is 0 Å². The van der Waals surface area contributed by atoms with E-state index < -0.39 is 0 Å². The summed E-state index contributed by atoms with van der Waals surface area (Å²) in [6.45, 7) is 4.76. The van der Waals surface area contributed by atoms with Gasteiger partial charge in [-0.05, 0) is 38.0 Å². The third-order valence-electron chi connectivity index (χ3n) is 2.83. The van der Waals surface area contributed by atoms with Crippen LogP contribution in [0.1, 0.15) is 17.0 Å². The van der Waals surface area contributed by atoms with Gasteiger partial charge in [-0.25, -0.2) is 4.98 Å². The normalized spacial score (nSPS) is 10.4. The van der Waals surface area contributed by atoms with E-state index in [4.69, 9.17) is 11.6 Å². The Labute approximate surface area is 112 Å². The zero-order chi connectivity index (χ0) is 13.0. The molecule has 0 aliphatic carbocycles. The van der Waals surface area contributed by atoms with Crippen LogP contribution < -0.4 is 5.32 Å². The fourth-order valence-electron chi connectivity index (χ4n) is 1.61. The molecule has 0 unspecified atom stereocenters. The minimum atomic E-state index is 0.770. The van der Waals surface area contributed by atoms with Crippen LogP contribution in [-0.4, -0.2) is 16.5 Å². The standard InChI is InChI=1S/C14H16ClN3/c1-10-11(2)18-14(9-17-10)16-8-7-12-3-5-13(15)6-4-12/h3-6,9H,7-8H2,1-2H3,(H,16,18). The number of aryl methyl sites for hydroxylation is 2. The van der Waals surface area contributed by atoms with Gasteiger partial charge >= 0.3 is 0 Å². The molecular weight excluding hydrogens is 246 g/mol. The molecule has 1 heterocycles. The maximum Gasteiger partial charge on any atom is 0.144 e. The quantitative estimate of drug-likeness (QED) is 0.917. The lowest BCUT2D eigenvalue weighted by molar-refractivity contribution is 0.977. The van der Waals surface area contributed by atoms with E-state index in [1.165, 1.54) is 5.56 Å². The molecule has 0 atom stereocenters. The Bertz CT molecular complexity index is 523. The van der Waals surface area contributed by atoms with Crippen molar-refractivity contribution in [2.24, 2.45) is 0 Å². The number of rotatable bonds is 4. The molecule has 0 saturated heterocycles. The molecule has 2 aromatic rings. The molecule has 18 heavy (non-hydrogen) atoms. The monoisotopic (exact) mass is 261 g/mol. The van der Waals surface area contributed by atoms with E-state index in [0.717, 1.165) is 35.2 Å². The number of anilines is 1. The Morgan fingerprint density at radius 2 is 1.83 bits per heavy atom. The Morgan fingerprint density at radius 1 is 1.11 bits per heavy atom. The van der Waals surface area contributed by atoms with Crippen molar-refractivity contribution in [3.63, 3.8) is 0 Å². The average Bonchev–Trinajstić information content (AvgIpc) is 2.36. The molecule has 3 nitrogen and oxygen atoms in total. The zero-order valence-electron chi connectivity index (χ0n) is 10.6. The van der Waals surface area contributed by atoms with Crippen LogP contribution in [0.5, 0.6) is 0 Å². The fourth-order valence-corrected chi connectivity index (χ4v) is 1.74. The third-order valence-corrected chi connectivity index (χ3v) is 3.08. The van der Waals surface area contributed by atoms with Crippen molar-refractivity contribution in [2.75, 3.05) is 11.9 Å². The first-order valence-corrected chi connectivity index (χ1v) is 6.31. The van der Waals surface area contributed by atoms with Gasteiger partial charge in [-0.2, -0.15) is 0 Å². The summed E-state index contributed by atoms with van der Waals surface area (Å²) in [5.41, 5.74) is 3.19. The van der Waals surface area contributed by atoms with E-state index in [1.54, 1.807) is 6.20 Å². The highest BCUT2D eigenvalue weighted by Gasteiger charge is 1.99. The Kier molecular flexibility index (Phi) is 4.15. The number of benzene rings is 1. The van der Waals surface area contributed by atoms with Crippen LogP contribution in [0.3, 0.4) is 0 Å². The zero-order valence-corrected chi connectivity index (χ0v) is 11.3. The summed E-state index contributed by atoms with van der Waals surface area (Å²) in [6, 6.07) is 7.89. The van der Waals surface area contributed by atoms with Gasteiger partial charge in [0.2, 0.25) is 0 Å². The lowest BCUT2D eigenvalue weighted by Crippen LogP contribution is -2.07. The van der Waals surface area contributed by atoms with Crippen molar-refractivity contribution >= 4 is 17.4 Å². The van der Waals surface area contributed by atoms with E-state index >= 15 is 0 Å². The van der Waals surface area contributed by atoms with Gasteiger partial charge in [0.25, 0.3) is 0 Å². The number of halogens is 1. The summed E-state index contributed by atoms with van der Waals surface area (Å²) in [4.78, 5) is 8.70.